The molecule has 18 heavy (non-hydrogen) atoms. The average Bonchev–Trinajstić information content (AvgIpc) is 2.89. The summed E-state index contributed by atoms with van der Waals surface area (Å²) < 4.78 is 28.7. The highest BCUT2D eigenvalue weighted by molar-refractivity contribution is 7.89. The number of hydrogen-bond donors (Lipinski definition) is 2. The van der Waals surface area contributed by atoms with Gasteiger partial charge >= 0.3 is 0 Å². The van der Waals surface area contributed by atoms with E-state index in [-0.39, 0.29) is 4.90 Å². The summed E-state index contributed by atoms with van der Waals surface area (Å²) in [6.45, 7) is 4.31. The number of hydrogen-bond acceptors (Lipinski definition) is 3. The molecule has 0 saturated carbocycles. The van der Waals surface area contributed by atoms with Crippen molar-refractivity contribution in [2.75, 3.05) is 6.54 Å². The first kappa shape index (κ1) is 12.8. The van der Waals surface area contributed by atoms with E-state index in [0.717, 1.165) is 0 Å². The Morgan fingerprint density at radius 1 is 1.33 bits per heavy atom. The summed E-state index contributed by atoms with van der Waals surface area (Å²) in [4.78, 5) is 0.245. The summed E-state index contributed by atoms with van der Waals surface area (Å²) in [6.07, 6.45) is 3.78. The van der Waals surface area contributed by atoms with E-state index in [1.54, 1.807) is 13.8 Å². The van der Waals surface area contributed by atoms with Crippen LogP contribution in [0, 0.1) is 13.8 Å². The Labute approximate surface area is 106 Å². The van der Waals surface area contributed by atoms with Crippen molar-refractivity contribution in [2.45, 2.75) is 25.3 Å². The molecule has 2 rings (SSSR count). The van der Waals surface area contributed by atoms with Crippen molar-refractivity contribution in [2.24, 2.45) is 0 Å². The number of aromatic amines is 1. The lowest BCUT2D eigenvalue weighted by Crippen LogP contribution is -2.28. The third-order valence-electron chi connectivity index (χ3n) is 2.66. The van der Waals surface area contributed by atoms with Crippen LogP contribution in [0.15, 0.2) is 29.4 Å². The van der Waals surface area contributed by atoms with Gasteiger partial charge in [-0.2, -0.15) is 5.10 Å². The number of nitrogens with zero attached hydrogens (tertiary/aromatic N) is 2. The van der Waals surface area contributed by atoms with Gasteiger partial charge in [0, 0.05) is 25.5 Å². The first-order chi connectivity index (χ1) is 8.50. The molecule has 0 aliphatic carbocycles. The zero-order valence-electron chi connectivity index (χ0n) is 10.3. The van der Waals surface area contributed by atoms with E-state index in [1.165, 1.54) is 0 Å². The van der Waals surface area contributed by atoms with Crippen LogP contribution in [0.4, 0.5) is 0 Å². The van der Waals surface area contributed by atoms with Gasteiger partial charge in [0.1, 0.15) is 4.90 Å². The minimum atomic E-state index is -3.49. The van der Waals surface area contributed by atoms with Gasteiger partial charge in [-0.05, 0) is 26.0 Å². The van der Waals surface area contributed by atoms with Crippen molar-refractivity contribution >= 4 is 10.0 Å². The highest BCUT2D eigenvalue weighted by atomic mass is 32.2. The molecule has 0 bridgehead atoms. The Balaban J connectivity index is 2.04. The second-order valence-corrected chi connectivity index (χ2v) is 5.79. The summed E-state index contributed by atoms with van der Waals surface area (Å²) in [5, 5.41) is 6.56. The van der Waals surface area contributed by atoms with Gasteiger partial charge < -0.3 is 4.57 Å². The number of aromatic nitrogens is 3. The first-order valence-electron chi connectivity index (χ1n) is 5.62. The lowest BCUT2D eigenvalue weighted by molar-refractivity contribution is 0.572. The third kappa shape index (κ3) is 2.62. The minimum Gasteiger partial charge on any atom is -0.353 e. The van der Waals surface area contributed by atoms with Crippen LogP contribution in [-0.4, -0.2) is 29.7 Å². The van der Waals surface area contributed by atoms with E-state index in [1.807, 2.05) is 29.1 Å². The van der Waals surface area contributed by atoms with Crippen LogP contribution in [0.1, 0.15) is 11.4 Å². The van der Waals surface area contributed by atoms with E-state index in [0.29, 0.717) is 24.5 Å². The van der Waals surface area contributed by atoms with Crippen LogP contribution in [0.2, 0.25) is 0 Å². The fourth-order valence-corrected chi connectivity index (χ4v) is 3.22. The molecule has 0 aliphatic rings. The molecular formula is C11H16N4O2S. The SMILES string of the molecule is Cc1n[nH]c(C)c1S(=O)(=O)NCCn1cccc1. The highest BCUT2D eigenvalue weighted by Gasteiger charge is 2.21. The summed E-state index contributed by atoms with van der Waals surface area (Å²) >= 11 is 0. The third-order valence-corrected chi connectivity index (χ3v) is 4.38. The second-order valence-electron chi connectivity index (χ2n) is 4.08. The van der Waals surface area contributed by atoms with Crippen molar-refractivity contribution in [3.8, 4) is 0 Å². The second kappa shape index (κ2) is 4.95. The summed E-state index contributed by atoms with van der Waals surface area (Å²) in [7, 11) is -3.49. The smallest absolute Gasteiger partial charge is 0.244 e. The molecule has 0 fully saturated rings. The molecule has 0 unspecified atom stereocenters. The summed E-state index contributed by atoms with van der Waals surface area (Å²) in [5.74, 6) is 0. The molecule has 98 valence electrons. The fourth-order valence-electron chi connectivity index (χ4n) is 1.84. The predicted molar refractivity (Wildman–Crippen MR) is 67.7 cm³/mol. The van der Waals surface area contributed by atoms with Gasteiger partial charge in [-0.15, -0.1) is 0 Å². The number of H-pyrrole nitrogens is 1. The van der Waals surface area contributed by atoms with Crippen molar-refractivity contribution in [3.05, 3.63) is 35.9 Å². The molecular weight excluding hydrogens is 252 g/mol. The predicted octanol–water partition coefficient (Wildman–Crippen LogP) is 0.807. The molecule has 2 heterocycles. The number of sulfonamides is 1. The van der Waals surface area contributed by atoms with Crippen LogP contribution in [0.3, 0.4) is 0 Å². The lowest BCUT2D eigenvalue weighted by Gasteiger charge is -2.07. The van der Waals surface area contributed by atoms with Gasteiger partial charge in [0.2, 0.25) is 10.0 Å². The van der Waals surface area contributed by atoms with Gasteiger partial charge in [-0.3, -0.25) is 5.10 Å². The van der Waals surface area contributed by atoms with E-state index in [4.69, 9.17) is 0 Å². The van der Waals surface area contributed by atoms with Crippen molar-refractivity contribution in [3.63, 3.8) is 0 Å². The van der Waals surface area contributed by atoms with E-state index in [9.17, 15) is 8.42 Å². The van der Waals surface area contributed by atoms with Gasteiger partial charge in [-0.25, -0.2) is 13.1 Å². The van der Waals surface area contributed by atoms with E-state index in [2.05, 4.69) is 14.9 Å². The van der Waals surface area contributed by atoms with E-state index < -0.39 is 10.0 Å². The average molecular weight is 268 g/mol. The topological polar surface area (TPSA) is 79.8 Å². The zero-order chi connectivity index (χ0) is 13.2. The summed E-state index contributed by atoms with van der Waals surface area (Å²) in [5.41, 5.74) is 1.04. The molecule has 0 atom stereocenters. The maximum atomic E-state index is 12.1. The quantitative estimate of drug-likeness (QED) is 0.842. The number of rotatable bonds is 5. The number of aryl methyl sites for hydroxylation is 2. The molecule has 0 amide bonds. The molecule has 0 radical (unpaired) electrons. The van der Waals surface area contributed by atoms with Gasteiger partial charge in [-0.1, -0.05) is 0 Å². The normalized spacial score (nSPS) is 11.9. The molecule has 0 aliphatic heterocycles. The lowest BCUT2D eigenvalue weighted by atomic mass is 10.4. The van der Waals surface area contributed by atoms with Crippen LogP contribution in [0.5, 0.6) is 0 Å². The Kier molecular flexibility index (Phi) is 3.53. The van der Waals surface area contributed by atoms with Crippen LogP contribution < -0.4 is 4.72 Å². The van der Waals surface area contributed by atoms with Crippen LogP contribution in [0.25, 0.3) is 0 Å². The molecule has 0 saturated heterocycles. The molecule has 0 spiro atoms. The largest absolute Gasteiger partial charge is 0.353 e. The Morgan fingerprint density at radius 2 is 2.00 bits per heavy atom. The molecule has 6 nitrogen and oxygen atoms in total. The molecule has 2 aromatic rings. The van der Waals surface area contributed by atoms with Gasteiger partial charge in [0.05, 0.1) is 11.4 Å². The fraction of sp³-hybridized carbons (Fsp3) is 0.364. The van der Waals surface area contributed by atoms with Gasteiger partial charge in [0.25, 0.3) is 0 Å². The summed E-state index contributed by atoms with van der Waals surface area (Å²) in [6, 6.07) is 3.80. The van der Waals surface area contributed by atoms with Crippen LogP contribution in [-0.2, 0) is 16.6 Å². The monoisotopic (exact) mass is 268 g/mol. The van der Waals surface area contributed by atoms with E-state index >= 15 is 0 Å². The van der Waals surface area contributed by atoms with Crippen molar-refractivity contribution in [1.82, 2.24) is 19.5 Å². The maximum Gasteiger partial charge on any atom is 0.244 e. The van der Waals surface area contributed by atoms with Crippen molar-refractivity contribution in [1.29, 1.82) is 0 Å². The Hall–Kier alpha value is -1.60. The minimum absolute atomic E-state index is 0.245. The Morgan fingerprint density at radius 3 is 2.56 bits per heavy atom. The standard InChI is InChI=1S/C11H16N4O2S/c1-9-11(10(2)14-13-9)18(16,17)12-5-8-15-6-3-4-7-15/h3-4,6-7,12H,5,8H2,1-2H3,(H,13,14). The Bertz CT molecular complexity index is 594. The molecule has 0 aromatic carbocycles. The molecule has 7 heteroatoms. The maximum absolute atomic E-state index is 12.1. The first-order valence-corrected chi connectivity index (χ1v) is 7.11. The molecule has 2 aromatic heterocycles. The van der Waals surface area contributed by atoms with Crippen molar-refractivity contribution < 1.29 is 8.42 Å². The zero-order valence-corrected chi connectivity index (χ0v) is 11.2. The van der Waals surface area contributed by atoms with Gasteiger partial charge in [0.15, 0.2) is 0 Å². The molecule has 2 N–H and O–H groups in total. The van der Waals surface area contributed by atoms with Crippen LogP contribution >= 0.6 is 0 Å². The number of nitrogens with one attached hydrogen (secondary N) is 2. The highest BCUT2D eigenvalue weighted by Crippen LogP contribution is 2.15.